The van der Waals surface area contributed by atoms with Crippen molar-refractivity contribution in [3.05, 3.63) is 54.4 Å². The number of hydrogen-bond acceptors (Lipinski definition) is 6. The SMILES string of the molecule is Cc1ccccc1-n1c(SCCCN2C(=O)CNC2=O)nnc1-c1cccnc1. The highest BCUT2D eigenvalue weighted by Crippen LogP contribution is 2.29. The standard InChI is InChI=1S/C20H20N6O2S/c1-14-6-2-3-8-16(14)26-18(15-7-4-9-21-12-15)23-24-20(26)29-11-5-10-25-17(27)13-22-19(25)28/h2-4,6-9,12H,5,10-11,13H2,1H3,(H,22,28). The van der Waals surface area contributed by atoms with E-state index in [0.29, 0.717) is 18.7 Å². The maximum atomic E-state index is 11.7. The van der Waals surface area contributed by atoms with Gasteiger partial charge in [0.15, 0.2) is 11.0 Å². The molecule has 148 valence electrons. The van der Waals surface area contributed by atoms with Gasteiger partial charge in [-0.1, -0.05) is 30.0 Å². The minimum Gasteiger partial charge on any atom is -0.329 e. The summed E-state index contributed by atoms with van der Waals surface area (Å²) in [5, 5.41) is 12.1. The molecule has 0 unspecified atom stereocenters. The summed E-state index contributed by atoms with van der Waals surface area (Å²) in [5.74, 6) is 1.25. The molecular formula is C20H20N6O2S. The van der Waals surface area contributed by atoms with Gasteiger partial charge in [0.2, 0.25) is 5.91 Å². The molecule has 1 N–H and O–H groups in total. The lowest BCUT2D eigenvalue weighted by Gasteiger charge is -2.14. The van der Waals surface area contributed by atoms with E-state index in [1.54, 1.807) is 24.2 Å². The van der Waals surface area contributed by atoms with E-state index in [0.717, 1.165) is 27.8 Å². The van der Waals surface area contributed by atoms with E-state index < -0.39 is 0 Å². The average Bonchev–Trinajstić information content (AvgIpc) is 3.30. The zero-order chi connectivity index (χ0) is 20.2. The number of thioether (sulfide) groups is 1. The predicted octanol–water partition coefficient (Wildman–Crippen LogP) is 2.67. The number of carbonyl (C=O) groups is 2. The molecule has 0 bridgehead atoms. The third kappa shape index (κ3) is 4.00. The molecule has 8 nitrogen and oxygen atoms in total. The van der Waals surface area contributed by atoms with Gasteiger partial charge in [-0.15, -0.1) is 10.2 Å². The van der Waals surface area contributed by atoms with Crippen molar-refractivity contribution in [3.8, 4) is 17.1 Å². The minimum atomic E-state index is -0.318. The summed E-state index contributed by atoms with van der Waals surface area (Å²) in [6, 6.07) is 11.6. The van der Waals surface area contributed by atoms with Crippen LogP contribution in [0.2, 0.25) is 0 Å². The number of nitrogens with zero attached hydrogens (tertiary/aromatic N) is 5. The zero-order valence-electron chi connectivity index (χ0n) is 15.9. The maximum absolute atomic E-state index is 11.7. The average molecular weight is 408 g/mol. The lowest BCUT2D eigenvalue weighted by molar-refractivity contribution is -0.124. The molecule has 1 aliphatic rings. The van der Waals surface area contributed by atoms with Gasteiger partial charge in [0.1, 0.15) is 0 Å². The van der Waals surface area contributed by atoms with E-state index in [2.05, 4.69) is 20.5 Å². The second kappa shape index (κ2) is 8.44. The zero-order valence-corrected chi connectivity index (χ0v) is 16.7. The van der Waals surface area contributed by atoms with Crippen LogP contribution in [0, 0.1) is 6.92 Å². The van der Waals surface area contributed by atoms with Crippen molar-refractivity contribution in [2.75, 3.05) is 18.8 Å². The number of hydrogen-bond donors (Lipinski definition) is 1. The monoisotopic (exact) mass is 408 g/mol. The summed E-state index contributed by atoms with van der Waals surface area (Å²) in [7, 11) is 0. The Morgan fingerprint density at radius 1 is 1.14 bits per heavy atom. The van der Waals surface area contributed by atoms with E-state index in [1.165, 1.54) is 4.90 Å². The van der Waals surface area contributed by atoms with Gasteiger partial charge in [-0.2, -0.15) is 0 Å². The van der Waals surface area contributed by atoms with Crippen LogP contribution in [0.4, 0.5) is 4.79 Å². The Morgan fingerprint density at radius 2 is 2.00 bits per heavy atom. The first-order valence-corrected chi connectivity index (χ1v) is 10.3. The first-order valence-electron chi connectivity index (χ1n) is 9.28. The smallest absolute Gasteiger partial charge is 0.324 e. The van der Waals surface area contributed by atoms with Crippen LogP contribution in [0.25, 0.3) is 17.1 Å². The Morgan fingerprint density at radius 3 is 2.72 bits per heavy atom. The summed E-state index contributed by atoms with van der Waals surface area (Å²) < 4.78 is 2.03. The number of urea groups is 1. The first kappa shape index (κ1) is 19.1. The molecular weight excluding hydrogens is 388 g/mol. The lowest BCUT2D eigenvalue weighted by atomic mass is 10.2. The third-order valence-corrected chi connectivity index (χ3v) is 5.62. The molecule has 1 fully saturated rings. The van der Waals surface area contributed by atoms with Gasteiger partial charge in [0.25, 0.3) is 0 Å². The van der Waals surface area contributed by atoms with Crippen LogP contribution < -0.4 is 5.32 Å². The molecule has 1 aromatic carbocycles. The van der Waals surface area contributed by atoms with Gasteiger partial charge in [-0.05, 0) is 37.1 Å². The van der Waals surface area contributed by atoms with Crippen LogP contribution in [0.5, 0.6) is 0 Å². The fraction of sp³-hybridized carbons (Fsp3) is 0.250. The minimum absolute atomic E-state index is 0.0854. The number of carbonyl (C=O) groups excluding carboxylic acids is 2. The number of aryl methyl sites for hydroxylation is 1. The maximum Gasteiger partial charge on any atom is 0.324 e. The molecule has 3 heterocycles. The van der Waals surface area contributed by atoms with E-state index in [-0.39, 0.29) is 18.5 Å². The summed E-state index contributed by atoms with van der Waals surface area (Å²) in [6.45, 7) is 2.53. The van der Waals surface area contributed by atoms with Crippen molar-refractivity contribution in [3.63, 3.8) is 0 Å². The molecule has 1 aliphatic heterocycles. The fourth-order valence-corrected chi connectivity index (χ4v) is 4.01. The fourth-order valence-electron chi connectivity index (χ4n) is 3.14. The second-order valence-electron chi connectivity index (χ2n) is 6.58. The van der Waals surface area contributed by atoms with E-state index in [4.69, 9.17) is 0 Å². The van der Waals surface area contributed by atoms with Crippen LogP contribution >= 0.6 is 11.8 Å². The molecule has 0 radical (unpaired) electrons. The van der Waals surface area contributed by atoms with E-state index in [9.17, 15) is 9.59 Å². The summed E-state index contributed by atoms with van der Waals surface area (Å²) in [5.41, 5.74) is 3.00. The molecule has 1 saturated heterocycles. The molecule has 0 atom stereocenters. The third-order valence-electron chi connectivity index (χ3n) is 4.60. The Kier molecular flexibility index (Phi) is 5.57. The Bertz CT molecular complexity index is 1020. The second-order valence-corrected chi connectivity index (χ2v) is 7.64. The Labute approximate surface area is 172 Å². The molecule has 0 aliphatic carbocycles. The van der Waals surface area contributed by atoms with Gasteiger partial charge in [0.05, 0.1) is 12.2 Å². The molecule has 2 aromatic heterocycles. The number of benzene rings is 1. The van der Waals surface area contributed by atoms with Crippen LogP contribution in [0.1, 0.15) is 12.0 Å². The molecule has 9 heteroatoms. The van der Waals surface area contributed by atoms with Crippen molar-refractivity contribution >= 4 is 23.7 Å². The number of pyridine rings is 1. The predicted molar refractivity (Wildman–Crippen MR) is 110 cm³/mol. The highest BCUT2D eigenvalue weighted by atomic mass is 32.2. The number of rotatable bonds is 7. The van der Waals surface area contributed by atoms with Crippen LogP contribution in [-0.4, -0.2) is 55.4 Å². The highest BCUT2D eigenvalue weighted by Gasteiger charge is 2.27. The van der Waals surface area contributed by atoms with Crippen LogP contribution in [0.3, 0.4) is 0 Å². The Hall–Kier alpha value is -3.20. The van der Waals surface area contributed by atoms with Crippen molar-refractivity contribution in [2.45, 2.75) is 18.5 Å². The number of para-hydroxylation sites is 1. The quantitative estimate of drug-likeness (QED) is 0.367. The number of amides is 3. The van der Waals surface area contributed by atoms with E-state index in [1.807, 2.05) is 47.9 Å². The van der Waals surface area contributed by atoms with Gasteiger partial charge < -0.3 is 5.32 Å². The highest BCUT2D eigenvalue weighted by molar-refractivity contribution is 7.99. The van der Waals surface area contributed by atoms with E-state index >= 15 is 0 Å². The topological polar surface area (TPSA) is 93.0 Å². The van der Waals surface area contributed by atoms with Gasteiger partial charge in [-0.25, -0.2) is 4.79 Å². The number of aromatic nitrogens is 4. The first-order chi connectivity index (χ1) is 14.1. The normalized spacial score (nSPS) is 13.8. The summed E-state index contributed by atoms with van der Waals surface area (Å²) in [6.07, 6.45) is 4.17. The molecule has 29 heavy (non-hydrogen) atoms. The lowest BCUT2D eigenvalue weighted by Crippen LogP contribution is -2.32. The van der Waals surface area contributed by atoms with Gasteiger partial charge in [-0.3, -0.25) is 19.2 Å². The largest absolute Gasteiger partial charge is 0.329 e. The number of nitrogens with one attached hydrogen (secondary N) is 1. The van der Waals surface area contributed by atoms with Crippen molar-refractivity contribution < 1.29 is 9.59 Å². The van der Waals surface area contributed by atoms with Gasteiger partial charge in [0, 0.05) is 30.3 Å². The van der Waals surface area contributed by atoms with Crippen LogP contribution in [-0.2, 0) is 4.79 Å². The molecule has 3 aromatic rings. The Balaban J connectivity index is 1.55. The van der Waals surface area contributed by atoms with Crippen LogP contribution in [0.15, 0.2) is 53.9 Å². The molecule has 4 rings (SSSR count). The van der Waals surface area contributed by atoms with Crippen molar-refractivity contribution in [2.24, 2.45) is 0 Å². The molecule has 3 amide bonds. The summed E-state index contributed by atoms with van der Waals surface area (Å²) in [4.78, 5) is 28.8. The number of imide groups is 1. The van der Waals surface area contributed by atoms with Crippen molar-refractivity contribution in [1.82, 2.24) is 30.0 Å². The van der Waals surface area contributed by atoms with Gasteiger partial charge >= 0.3 is 6.03 Å². The molecule has 0 spiro atoms. The van der Waals surface area contributed by atoms with Crippen molar-refractivity contribution in [1.29, 1.82) is 0 Å². The molecule has 0 saturated carbocycles. The summed E-state index contributed by atoms with van der Waals surface area (Å²) >= 11 is 1.55.